The molecule has 1 fully saturated rings. The monoisotopic (exact) mass is 308 g/mol. The predicted octanol–water partition coefficient (Wildman–Crippen LogP) is 2.72. The smallest absolute Gasteiger partial charge is 0.252 e. The Morgan fingerprint density at radius 1 is 1.44 bits per heavy atom. The number of nitrogens with zero attached hydrogens (tertiary/aromatic N) is 1. The van der Waals surface area contributed by atoms with Crippen LogP contribution in [-0.4, -0.2) is 16.6 Å². The van der Waals surface area contributed by atoms with Gasteiger partial charge in [-0.3, -0.25) is 4.79 Å². The van der Waals surface area contributed by atoms with E-state index in [-0.39, 0.29) is 11.7 Å². The van der Waals surface area contributed by atoms with Crippen molar-refractivity contribution < 1.29 is 9.90 Å². The van der Waals surface area contributed by atoms with Crippen LogP contribution in [0.4, 0.5) is 0 Å². The standard InChI is InChI=1S/C13H13BrN2O2/c14-10-4-3-9(7-11(10)17)12(18)16-13(8-15)5-1-2-6-13/h3-4,7,17H,1-2,5-6H2,(H,16,18). The van der Waals surface area contributed by atoms with Gasteiger partial charge in [-0.25, -0.2) is 0 Å². The summed E-state index contributed by atoms with van der Waals surface area (Å²) >= 11 is 3.16. The van der Waals surface area contributed by atoms with Gasteiger partial charge in [-0.1, -0.05) is 0 Å². The summed E-state index contributed by atoms with van der Waals surface area (Å²) in [6.45, 7) is 0. The Hall–Kier alpha value is -1.54. The van der Waals surface area contributed by atoms with Gasteiger partial charge in [-0.2, -0.15) is 5.26 Å². The van der Waals surface area contributed by atoms with E-state index in [1.54, 1.807) is 12.1 Å². The van der Waals surface area contributed by atoms with Crippen LogP contribution in [-0.2, 0) is 0 Å². The topological polar surface area (TPSA) is 73.1 Å². The molecule has 0 bridgehead atoms. The highest BCUT2D eigenvalue weighted by atomic mass is 79.9. The SMILES string of the molecule is N#CC1(NC(=O)c2ccc(Br)c(O)c2)CCCC1. The molecule has 1 aliphatic rings. The van der Waals surface area contributed by atoms with Crippen LogP contribution in [0, 0.1) is 11.3 Å². The number of nitrogens with one attached hydrogen (secondary N) is 1. The van der Waals surface area contributed by atoms with Crippen LogP contribution in [0.5, 0.6) is 5.75 Å². The van der Waals surface area contributed by atoms with Gasteiger partial charge in [-0.05, 0) is 59.8 Å². The minimum atomic E-state index is -0.736. The number of aromatic hydroxyl groups is 1. The number of carbonyl (C=O) groups is 1. The Morgan fingerprint density at radius 2 is 2.11 bits per heavy atom. The fraction of sp³-hybridized carbons (Fsp3) is 0.385. The average Bonchev–Trinajstić information content (AvgIpc) is 2.82. The number of nitriles is 1. The zero-order chi connectivity index (χ0) is 13.2. The van der Waals surface area contributed by atoms with E-state index in [1.165, 1.54) is 6.07 Å². The largest absolute Gasteiger partial charge is 0.507 e. The molecule has 0 unspecified atom stereocenters. The summed E-state index contributed by atoms with van der Waals surface area (Å²) in [5, 5.41) is 21.5. The molecule has 5 heteroatoms. The van der Waals surface area contributed by atoms with Crippen LogP contribution in [0.15, 0.2) is 22.7 Å². The molecule has 94 valence electrons. The summed E-state index contributed by atoms with van der Waals surface area (Å²) in [6.07, 6.45) is 3.30. The lowest BCUT2D eigenvalue weighted by molar-refractivity contribution is 0.0920. The van der Waals surface area contributed by atoms with Gasteiger partial charge in [0.05, 0.1) is 10.5 Å². The summed E-state index contributed by atoms with van der Waals surface area (Å²) in [7, 11) is 0. The Kier molecular flexibility index (Phi) is 3.58. The molecule has 18 heavy (non-hydrogen) atoms. The van der Waals surface area contributed by atoms with Gasteiger partial charge < -0.3 is 10.4 Å². The number of phenols is 1. The molecule has 2 rings (SSSR count). The van der Waals surface area contributed by atoms with Gasteiger partial charge in [0, 0.05) is 5.56 Å². The molecule has 0 aromatic heterocycles. The zero-order valence-electron chi connectivity index (χ0n) is 9.74. The molecule has 1 aromatic carbocycles. The number of hydrogen-bond acceptors (Lipinski definition) is 3. The molecule has 0 atom stereocenters. The van der Waals surface area contributed by atoms with Crippen molar-refractivity contribution in [2.75, 3.05) is 0 Å². The van der Waals surface area contributed by atoms with Crippen molar-refractivity contribution >= 4 is 21.8 Å². The van der Waals surface area contributed by atoms with Crippen molar-refractivity contribution in [1.29, 1.82) is 5.26 Å². The van der Waals surface area contributed by atoms with Gasteiger partial charge in [0.2, 0.25) is 0 Å². The van der Waals surface area contributed by atoms with Crippen molar-refractivity contribution in [3.63, 3.8) is 0 Å². The Labute approximate surface area is 114 Å². The van der Waals surface area contributed by atoms with E-state index in [0.717, 1.165) is 12.8 Å². The lowest BCUT2D eigenvalue weighted by Crippen LogP contribution is -2.45. The molecule has 0 radical (unpaired) electrons. The fourth-order valence-corrected chi connectivity index (χ4v) is 2.43. The predicted molar refractivity (Wildman–Crippen MR) is 70.1 cm³/mol. The van der Waals surface area contributed by atoms with E-state index in [9.17, 15) is 15.2 Å². The minimum absolute atomic E-state index is 0.0140. The number of benzene rings is 1. The Morgan fingerprint density at radius 3 is 2.67 bits per heavy atom. The van der Waals surface area contributed by atoms with Gasteiger partial charge in [0.15, 0.2) is 0 Å². The number of phenolic OH excluding ortho intramolecular Hbond substituents is 1. The third-order valence-corrected chi connectivity index (χ3v) is 3.90. The Balaban J connectivity index is 2.17. The number of carbonyl (C=O) groups excluding carboxylic acids is 1. The van der Waals surface area contributed by atoms with Crippen LogP contribution in [0.2, 0.25) is 0 Å². The highest BCUT2D eigenvalue weighted by Crippen LogP contribution is 2.30. The second-order valence-corrected chi connectivity index (χ2v) is 5.38. The second kappa shape index (κ2) is 4.99. The van der Waals surface area contributed by atoms with E-state index in [0.29, 0.717) is 22.9 Å². The van der Waals surface area contributed by atoms with Crippen molar-refractivity contribution in [3.05, 3.63) is 28.2 Å². The van der Waals surface area contributed by atoms with Crippen LogP contribution in [0.3, 0.4) is 0 Å². The molecular weight excluding hydrogens is 296 g/mol. The maximum absolute atomic E-state index is 12.0. The molecule has 0 spiro atoms. The molecule has 0 saturated heterocycles. The minimum Gasteiger partial charge on any atom is -0.507 e. The molecule has 1 aliphatic carbocycles. The normalized spacial score (nSPS) is 17.1. The summed E-state index contributed by atoms with van der Waals surface area (Å²) < 4.78 is 0.537. The molecular formula is C13H13BrN2O2. The summed E-state index contributed by atoms with van der Waals surface area (Å²) in [5.41, 5.74) is -0.378. The summed E-state index contributed by atoms with van der Waals surface area (Å²) in [4.78, 5) is 12.0. The number of amides is 1. The average molecular weight is 309 g/mol. The fourth-order valence-electron chi connectivity index (χ4n) is 2.19. The van der Waals surface area contributed by atoms with Crippen LogP contribution < -0.4 is 5.32 Å². The zero-order valence-corrected chi connectivity index (χ0v) is 11.3. The van der Waals surface area contributed by atoms with Gasteiger partial charge in [0.1, 0.15) is 11.3 Å². The highest BCUT2D eigenvalue weighted by Gasteiger charge is 2.35. The first-order chi connectivity index (χ1) is 8.56. The molecule has 0 aliphatic heterocycles. The quantitative estimate of drug-likeness (QED) is 0.882. The lowest BCUT2D eigenvalue weighted by atomic mass is 9.99. The number of hydrogen-bond donors (Lipinski definition) is 2. The summed E-state index contributed by atoms with van der Waals surface area (Å²) in [5.74, 6) is -0.304. The van der Waals surface area contributed by atoms with Crippen molar-refractivity contribution in [3.8, 4) is 11.8 Å². The van der Waals surface area contributed by atoms with E-state index in [2.05, 4.69) is 27.3 Å². The van der Waals surface area contributed by atoms with Crippen LogP contribution >= 0.6 is 15.9 Å². The molecule has 0 heterocycles. The summed E-state index contributed by atoms with van der Waals surface area (Å²) in [6, 6.07) is 6.81. The first-order valence-corrected chi connectivity index (χ1v) is 6.58. The molecule has 4 nitrogen and oxygen atoms in total. The third kappa shape index (κ3) is 2.49. The molecule has 1 aromatic rings. The highest BCUT2D eigenvalue weighted by molar-refractivity contribution is 9.10. The maximum Gasteiger partial charge on any atom is 0.252 e. The third-order valence-electron chi connectivity index (χ3n) is 3.23. The lowest BCUT2D eigenvalue weighted by Gasteiger charge is -2.22. The van der Waals surface area contributed by atoms with E-state index in [4.69, 9.17) is 0 Å². The van der Waals surface area contributed by atoms with Crippen LogP contribution in [0.25, 0.3) is 0 Å². The van der Waals surface area contributed by atoms with Gasteiger partial charge >= 0.3 is 0 Å². The van der Waals surface area contributed by atoms with E-state index in [1.807, 2.05) is 0 Å². The van der Waals surface area contributed by atoms with E-state index >= 15 is 0 Å². The van der Waals surface area contributed by atoms with Gasteiger partial charge in [-0.15, -0.1) is 0 Å². The molecule has 2 N–H and O–H groups in total. The first kappa shape index (κ1) is 12.9. The second-order valence-electron chi connectivity index (χ2n) is 4.52. The first-order valence-electron chi connectivity index (χ1n) is 5.79. The van der Waals surface area contributed by atoms with Crippen molar-refractivity contribution in [2.45, 2.75) is 31.2 Å². The van der Waals surface area contributed by atoms with Gasteiger partial charge in [0.25, 0.3) is 5.91 Å². The molecule has 1 saturated carbocycles. The number of rotatable bonds is 2. The Bertz CT molecular complexity index is 516. The van der Waals surface area contributed by atoms with E-state index < -0.39 is 5.54 Å². The maximum atomic E-state index is 12.0. The van der Waals surface area contributed by atoms with Crippen molar-refractivity contribution in [2.24, 2.45) is 0 Å². The number of halogens is 1. The van der Waals surface area contributed by atoms with Crippen molar-refractivity contribution in [1.82, 2.24) is 5.32 Å². The molecule has 1 amide bonds. The van der Waals surface area contributed by atoms with Crippen LogP contribution in [0.1, 0.15) is 36.0 Å².